The van der Waals surface area contributed by atoms with E-state index >= 15 is 0 Å². The van der Waals surface area contributed by atoms with Crippen molar-refractivity contribution in [3.63, 3.8) is 0 Å². The summed E-state index contributed by atoms with van der Waals surface area (Å²) >= 11 is 5.88. The van der Waals surface area contributed by atoms with Crippen molar-refractivity contribution >= 4 is 23.0 Å². The van der Waals surface area contributed by atoms with Gasteiger partial charge in [0.1, 0.15) is 12.7 Å². The van der Waals surface area contributed by atoms with Crippen LogP contribution in [0.25, 0.3) is 0 Å². The number of thiocarbonyl (C=S) groups is 1. The van der Waals surface area contributed by atoms with Gasteiger partial charge in [-0.3, -0.25) is 9.66 Å². The lowest BCUT2D eigenvalue weighted by Crippen LogP contribution is -2.29. The molecule has 1 aliphatic rings. The van der Waals surface area contributed by atoms with Crippen LogP contribution in [-0.2, 0) is 0 Å². The molecule has 0 aliphatic carbocycles. The fraction of sp³-hybridized carbons (Fsp3) is 0.280. The molecule has 8 heteroatoms. The number of hydrogen-bond donors (Lipinski definition) is 1. The van der Waals surface area contributed by atoms with Crippen LogP contribution in [0.15, 0.2) is 67.4 Å². The van der Waals surface area contributed by atoms with Gasteiger partial charge in [-0.25, -0.2) is 4.68 Å². The molecule has 0 amide bonds. The first kappa shape index (κ1) is 21.3. The van der Waals surface area contributed by atoms with Gasteiger partial charge < -0.3 is 10.2 Å². The Balaban J connectivity index is 1.65. The van der Waals surface area contributed by atoms with E-state index in [0.29, 0.717) is 11.0 Å². The molecule has 4 heterocycles. The van der Waals surface area contributed by atoms with Gasteiger partial charge in [-0.05, 0) is 67.9 Å². The molecule has 1 aliphatic heterocycles. The molecule has 5 rings (SSSR count). The standard InChI is InChI=1S/C25H27N7S/c1-16(2)19-8-10-20(11-9-19)31-24(23(29-25(31)33)22-7-5-6-12-26-22)21-13-17(3)32(18(21)4)30-14-27-28-15-30/h5-16,23-24H,1-4H3,(H,29,33)/t23-,24+/m1/s1. The van der Waals surface area contributed by atoms with Gasteiger partial charge in [0.2, 0.25) is 0 Å². The summed E-state index contributed by atoms with van der Waals surface area (Å²) in [6, 6.07) is 16.8. The van der Waals surface area contributed by atoms with Crippen LogP contribution in [0, 0.1) is 13.8 Å². The SMILES string of the molecule is Cc1cc([C@H]2[C@@H](c3ccccn3)NC(=S)N2c2ccc(C(C)C)cc2)c(C)n1-n1cnnc1. The molecule has 1 aromatic carbocycles. The number of aromatic nitrogens is 5. The van der Waals surface area contributed by atoms with Crippen LogP contribution in [0.2, 0.25) is 0 Å². The second-order valence-electron chi connectivity index (χ2n) is 8.72. The van der Waals surface area contributed by atoms with Crippen LogP contribution in [0.4, 0.5) is 5.69 Å². The summed E-state index contributed by atoms with van der Waals surface area (Å²) < 4.78 is 4.01. The summed E-state index contributed by atoms with van der Waals surface area (Å²) in [6.07, 6.45) is 5.25. The monoisotopic (exact) mass is 457 g/mol. The van der Waals surface area contributed by atoms with Crippen molar-refractivity contribution in [1.29, 1.82) is 0 Å². The zero-order valence-electron chi connectivity index (χ0n) is 19.2. The first-order valence-corrected chi connectivity index (χ1v) is 11.5. The van der Waals surface area contributed by atoms with Crippen LogP contribution in [0.5, 0.6) is 0 Å². The molecule has 0 unspecified atom stereocenters. The molecule has 0 spiro atoms. The third kappa shape index (κ3) is 3.70. The van der Waals surface area contributed by atoms with E-state index in [4.69, 9.17) is 12.2 Å². The van der Waals surface area contributed by atoms with E-state index in [1.165, 1.54) is 11.1 Å². The van der Waals surface area contributed by atoms with Gasteiger partial charge >= 0.3 is 0 Å². The van der Waals surface area contributed by atoms with E-state index in [-0.39, 0.29) is 12.1 Å². The van der Waals surface area contributed by atoms with Gasteiger partial charge in [-0.1, -0.05) is 32.0 Å². The predicted molar refractivity (Wildman–Crippen MR) is 133 cm³/mol. The Morgan fingerprint density at radius 1 is 1.00 bits per heavy atom. The van der Waals surface area contributed by atoms with Gasteiger partial charge in [-0.2, -0.15) is 0 Å². The van der Waals surface area contributed by atoms with E-state index in [9.17, 15) is 0 Å². The van der Waals surface area contributed by atoms with E-state index in [0.717, 1.165) is 22.8 Å². The summed E-state index contributed by atoms with van der Waals surface area (Å²) in [4.78, 5) is 6.88. The number of hydrogen-bond acceptors (Lipinski definition) is 4. The van der Waals surface area contributed by atoms with Crippen LogP contribution in [0.3, 0.4) is 0 Å². The second-order valence-corrected chi connectivity index (χ2v) is 9.11. The van der Waals surface area contributed by atoms with Crippen LogP contribution in [-0.4, -0.2) is 29.6 Å². The fourth-order valence-electron chi connectivity index (χ4n) is 4.70. The maximum absolute atomic E-state index is 5.88. The number of benzene rings is 1. The number of nitrogens with one attached hydrogen (secondary N) is 1. The number of aryl methyl sites for hydroxylation is 1. The van der Waals surface area contributed by atoms with Gasteiger partial charge in [0.05, 0.1) is 17.8 Å². The lowest BCUT2D eigenvalue weighted by molar-refractivity contribution is 0.557. The average Bonchev–Trinajstić information content (AvgIpc) is 3.52. The summed E-state index contributed by atoms with van der Waals surface area (Å²) in [7, 11) is 0. The fourth-order valence-corrected chi connectivity index (χ4v) is 5.05. The maximum atomic E-state index is 5.88. The molecular weight excluding hydrogens is 430 g/mol. The topological polar surface area (TPSA) is 63.8 Å². The second kappa shape index (κ2) is 8.44. The minimum Gasteiger partial charge on any atom is -0.351 e. The Bertz CT molecular complexity index is 1260. The number of anilines is 1. The van der Waals surface area contributed by atoms with Crippen LogP contribution >= 0.6 is 12.2 Å². The van der Waals surface area contributed by atoms with Crippen molar-refractivity contribution in [1.82, 2.24) is 29.9 Å². The highest BCUT2D eigenvalue weighted by Gasteiger charge is 2.42. The third-order valence-corrected chi connectivity index (χ3v) is 6.64. The Morgan fingerprint density at radius 2 is 1.73 bits per heavy atom. The smallest absolute Gasteiger partial charge is 0.174 e. The summed E-state index contributed by atoms with van der Waals surface area (Å²) in [5.41, 5.74) is 6.70. The van der Waals surface area contributed by atoms with Crippen molar-refractivity contribution in [2.24, 2.45) is 0 Å². The van der Waals surface area contributed by atoms with E-state index < -0.39 is 0 Å². The summed E-state index contributed by atoms with van der Waals surface area (Å²) in [5.74, 6) is 0.475. The molecule has 1 N–H and O–H groups in total. The van der Waals surface area contributed by atoms with E-state index in [2.05, 4.69) is 94.2 Å². The molecule has 1 saturated heterocycles. The average molecular weight is 458 g/mol. The quantitative estimate of drug-likeness (QED) is 0.438. The van der Waals surface area contributed by atoms with Crippen LogP contribution < -0.4 is 10.2 Å². The van der Waals surface area contributed by atoms with Crippen molar-refractivity contribution in [2.45, 2.75) is 45.7 Å². The van der Waals surface area contributed by atoms with Gasteiger partial charge in [0.25, 0.3) is 0 Å². The number of pyridine rings is 1. The molecule has 2 atom stereocenters. The number of nitrogens with zero attached hydrogens (tertiary/aromatic N) is 6. The van der Waals surface area contributed by atoms with Gasteiger partial charge in [-0.15, -0.1) is 10.2 Å². The molecule has 33 heavy (non-hydrogen) atoms. The highest BCUT2D eigenvalue weighted by molar-refractivity contribution is 7.80. The Labute approximate surface area is 199 Å². The lowest BCUT2D eigenvalue weighted by atomic mass is 9.96. The highest BCUT2D eigenvalue weighted by atomic mass is 32.1. The molecule has 168 valence electrons. The number of rotatable bonds is 5. The Morgan fingerprint density at radius 3 is 2.36 bits per heavy atom. The zero-order chi connectivity index (χ0) is 23.1. The molecule has 4 aromatic rings. The van der Waals surface area contributed by atoms with Crippen molar-refractivity contribution in [3.8, 4) is 0 Å². The van der Waals surface area contributed by atoms with Crippen molar-refractivity contribution in [2.75, 3.05) is 4.90 Å². The predicted octanol–water partition coefficient (Wildman–Crippen LogP) is 4.70. The van der Waals surface area contributed by atoms with E-state index in [1.54, 1.807) is 12.7 Å². The third-order valence-electron chi connectivity index (χ3n) is 6.33. The van der Waals surface area contributed by atoms with Crippen molar-refractivity contribution < 1.29 is 0 Å². The first-order valence-electron chi connectivity index (χ1n) is 11.1. The Hall–Kier alpha value is -3.52. The zero-order valence-corrected chi connectivity index (χ0v) is 20.0. The Kier molecular flexibility index (Phi) is 5.46. The molecule has 0 radical (unpaired) electrons. The molecule has 3 aromatic heterocycles. The molecular formula is C25H27N7S. The van der Waals surface area contributed by atoms with Crippen LogP contribution in [0.1, 0.15) is 60.1 Å². The highest BCUT2D eigenvalue weighted by Crippen LogP contribution is 2.43. The summed E-state index contributed by atoms with van der Waals surface area (Å²) in [5, 5.41) is 12.2. The lowest BCUT2D eigenvalue weighted by Gasteiger charge is -2.28. The summed E-state index contributed by atoms with van der Waals surface area (Å²) in [6.45, 7) is 8.63. The van der Waals surface area contributed by atoms with Gasteiger partial charge in [0.15, 0.2) is 5.11 Å². The van der Waals surface area contributed by atoms with E-state index in [1.807, 2.05) is 23.0 Å². The van der Waals surface area contributed by atoms with Gasteiger partial charge in [0, 0.05) is 28.8 Å². The molecule has 0 bridgehead atoms. The molecule has 7 nitrogen and oxygen atoms in total. The normalized spacial score (nSPS) is 18.2. The molecule has 1 fully saturated rings. The minimum atomic E-state index is -0.0849. The minimum absolute atomic E-state index is 0.0614. The largest absolute Gasteiger partial charge is 0.351 e. The van der Waals surface area contributed by atoms with Crippen molar-refractivity contribution in [3.05, 3.63) is 95.6 Å². The maximum Gasteiger partial charge on any atom is 0.174 e. The first-order chi connectivity index (χ1) is 16.0. The molecule has 0 saturated carbocycles.